The minimum absolute atomic E-state index is 0.276. The van der Waals surface area contributed by atoms with Gasteiger partial charge in [-0.15, -0.1) is 0 Å². The number of likely N-dealkylation sites (N-methyl/N-ethyl adjacent to an activating group) is 1. The van der Waals surface area contributed by atoms with Crippen molar-refractivity contribution < 1.29 is 18.0 Å². The molecule has 1 N–H and O–H groups in total. The number of hydrogen-bond acceptors (Lipinski definition) is 3. The first-order valence-electron chi connectivity index (χ1n) is 9.57. The number of halogens is 4. The molecule has 1 fully saturated rings. The Kier molecular flexibility index (Phi) is 8.79. The summed E-state index contributed by atoms with van der Waals surface area (Å²) in [5.41, 5.74) is -0.630. The first kappa shape index (κ1) is 22.7. The van der Waals surface area contributed by atoms with E-state index in [0.29, 0.717) is 6.54 Å². The molecule has 0 spiro atoms. The zero-order chi connectivity index (χ0) is 20.6. The van der Waals surface area contributed by atoms with Crippen LogP contribution in [-0.2, 0) is 11.0 Å². The van der Waals surface area contributed by atoms with E-state index in [9.17, 15) is 18.0 Å². The van der Waals surface area contributed by atoms with Crippen molar-refractivity contribution in [1.82, 2.24) is 15.1 Å². The molecule has 1 aromatic rings. The molecular formula is C20H27ClF3N3O. The van der Waals surface area contributed by atoms with Crippen molar-refractivity contribution in [2.24, 2.45) is 0 Å². The molecule has 0 aliphatic carbocycles. The average molecular weight is 418 g/mol. The third-order valence-electron chi connectivity index (χ3n) is 4.84. The van der Waals surface area contributed by atoms with Gasteiger partial charge < -0.3 is 15.1 Å². The zero-order valence-corrected chi connectivity index (χ0v) is 16.8. The number of amides is 1. The van der Waals surface area contributed by atoms with Gasteiger partial charge in [0.2, 0.25) is 5.91 Å². The number of rotatable bonds is 8. The minimum atomic E-state index is -4.52. The summed E-state index contributed by atoms with van der Waals surface area (Å²) in [4.78, 5) is 16.7. The Hall–Kier alpha value is -1.57. The molecule has 4 nitrogen and oxygen atoms in total. The lowest BCUT2D eigenvalue weighted by molar-refractivity contribution is -0.137. The molecule has 8 heteroatoms. The Labute approximate surface area is 169 Å². The largest absolute Gasteiger partial charge is 0.417 e. The van der Waals surface area contributed by atoms with Crippen LogP contribution in [0.1, 0.15) is 30.9 Å². The van der Waals surface area contributed by atoms with Crippen molar-refractivity contribution in [3.63, 3.8) is 0 Å². The predicted molar refractivity (Wildman–Crippen MR) is 106 cm³/mol. The second kappa shape index (κ2) is 10.8. The van der Waals surface area contributed by atoms with E-state index in [0.717, 1.165) is 58.2 Å². The number of alkyl halides is 3. The van der Waals surface area contributed by atoms with E-state index < -0.39 is 11.7 Å². The lowest BCUT2D eigenvalue weighted by Crippen LogP contribution is -2.46. The maximum absolute atomic E-state index is 12.8. The van der Waals surface area contributed by atoms with E-state index in [1.807, 2.05) is 0 Å². The Morgan fingerprint density at radius 3 is 2.50 bits per heavy atom. The molecule has 0 atom stereocenters. The Balaban J connectivity index is 1.67. The highest BCUT2D eigenvalue weighted by molar-refractivity contribution is 6.31. The van der Waals surface area contributed by atoms with E-state index in [1.165, 1.54) is 24.3 Å². The van der Waals surface area contributed by atoms with Crippen LogP contribution in [0, 0.1) is 0 Å². The maximum Gasteiger partial charge on any atom is 0.417 e. The fourth-order valence-corrected chi connectivity index (χ4v) is 3.32. The van der Waals surface area contributed by atoms with Gasteiger partial charge in [0.15, 0.2) is 0 Å². The summed E-state index contributed by atoms with van der Waals surface area (Å²) in [5, 5.41) is 2.41. The summed E-state index contributed by atoms with van der Waals surface area (Å²) in [6.45, 7) is 9.24. The maximum atomic E-state index is 12.8. The molecule has 1 heterocycles. The second-order valence-corrected chi connectivity index (χ2v) is 7.25. The van der Waals surface area contributed by atoms with E-state index in [4.69, 9.17) is 11.6 Å². The topological polar surface area (TPSA) is 35.6 Å². The molecule has 0 aromatic heterocycles. The summed E-state index contributed by atoms with van der Waals surface area (Å²) >= 11 is 5.58. The molecule has 1 saturated heterocycles. The predicted octanol–water partition coefficient (Wildman–Crippen LogP) is 3.91. The zero-order valence-electron chi connectivity index (χ0n) is 16.1. The Morgan fingerprint density at radius 2 is 1.86 bits per heavy atom. The van der Waals surface area contributed by atoms with Crippen LogP contribution in [0.5, 0.6) is 0 Å². The molecule has 1 aliphatic heterocycles. The minimum Gasteiger partial charge on any atom is -0.353 e. The first-order chi connectivity index (χ1) is 13.3. The van der Waals surface area contributed by atoms with Gasteiger partial charge >= 0.3 is 6.18 Å². The molecule has 0 unspecified atom stereocenters. The lowest BCUT2D eigenvalue weighted by atomic mass is 10.1. The number of benzene rings is 1. The van der Waals surface area contributed by atoms with Crippen molar-refractivity contribution in [3.8, 4) is 0 Å². The lowest BCUT2D eigenvalue weighted by Gasteiger charge is -2.33. The van der Waals surface area contributed by atoms with Crippen LogP contribution in [0.2, 0.25) is 5.02 Å². The van der Waals surface area contributed by atoms with Crippen LogP contribution in [0.3, 0.4) is 0 Å². The van der Waals surface area contributed by atoms with Crippen LogP contribution < -0.4 is 5.32 Å². The van der Waals surface area contributed by atoms with Crippen LogP contribution in [0.15, 0.2) is 24.3 Å². The van der Waals surface area contributed by atoms with Crippen LogP contribution >= 0.6 is 11.6 Å². The number of nitrogens with one attached hydrogen (secondary N) is 1. The summed E-state index contributed by atoms with van der Waals surface area (Å²) in [6.07, 6.45) is -0.0527. The van der Waals surface area contributed by atoms with E-state index in [2.05, 4.69) is 22.0 Å². The molecule has 0 bridgehead atoms. The highest BCUT2D eigenvalue weighted by Gasteiger charge is 2.33. The summed E-state index contributed by atoms with van der Waals surface area (Å²) < 4.78 is 38.5. The Morgan fingerprint density at radius 1 is 1.18 bits per heavy atom. The van der Waals surface area contributed by atoms with Gasteiger partial charge in [0.05, 0.1) is 10.6 Å². The fourth-order valence-electron chi connectivity index (χ4n) is 3.10. The molecule has 0 saturated carbocycles. The van der Waals surface area contributed by atoms with Gasteiger partial charge in [-0.1, -0.05) is 24.6 Å². The van der Waals surface area contributed by atoms with Crippen molar-refractivity contribution >= 4 is 23.6 Å². The smallest absolute Gasteiger partial charge is 0.353 e. The number of nitrogens with zero attached hydrogens (tertiary/aromatic N) is 2. The molecular weight excluding hydrogens is 391 g/mol. The van der Waals surface area contributed by atoms with Crippen molar-refractivity contribution in [1.29, 1.82) is 0 Å². The van der Waals surface area contributed by atoms with Gasteiger partial charge in [0.25, 0.3) is 0 Å². The number of carbonyl (C=O) groups is 1. The van der Waals surface area contributed by atoms with Gasteiger partial charge in [0.1, 0.15) is 0 Å². The van der Waals surface area contributed by atoms with Gasteiger partial charge in [-0.05, 0) is 49.7 Å². The van der Waals surface area contributed by atoms with Crippen molar-refractivity contribution in [2.45, 2.75) is 25.9 Å². The van der Waals surface area contributed by atoms with E-state index in [-0.39, 0.29) is 16.5 Å². The van der Waals surface area contributed by atoms with E-state index >= 15 is 0 Å². The molecule has 2 rings (SSSR count). The van der Waals surface area contributed by atoms with Gasteiger partial charge in [0, 0.05) is 38.8 Å². The first-order valence-corrected chi connectivity index (χ1v) is 9.94. The number of unbranched alkanes of at least 4 members (excludes halogenated alkanes) is 1. The van der Waals surface area contributed by atoms with Crippen LogP contribution in [0.4, 0.5) is 13.2 Å². The standard InChI is InChI=1S/C20H27ClF3N3O/c1-2-26-11-13-27(14-12-26)10-4-3-9-25-19(28)8-6-16-5-7-18(21)17(15-16)20(22,23)24/h5-8,15H,2-4,9-14H2,1H3,(H,25,28)/b8-6+. The molecule has 1 amide bonds. The normalized spacial score (nSPS) is 16.6. The van der Waals surface area contributed by atoms with E-state index in [1.54, 1.807) is 0 Å². The number of carbonyl (C=O) groups excluding carboxylic acids is 1. The molecule has 1 aliphatic rings. The Bertz CT molecular complexity index is 671. The van der Waals surface area contributed by atoms with Gasteiger partial charge in [-0.2, -0.15) is 13.2 Å². The molecule has 0 radical (unpaired) electrons. The molecule has 1 aromatic carbocycles. The van der Waals surface area contributed by atoms with Crippen molar-refractivity contribution in [2.75, 3.05) is 45.8 Å². The molecule has 28 heavy (non-hydrogen) atoms. The van der Waals surface area contributed by atoms with Crippen LogP contribution in [0.25, 0.3) is 6.08 Å². The van der Waals surface area contributed by atoms with Gasteiger partial charge in [-0.3, -0.25) is 4.79 Å². The highest BCUT2D eigenvalue weighted by Crippen LogP contribution is 2.35. The summed E-state index contributed by atoms with van der Waals surface area (Å²) in [7, 11) is 0. The summed E-state index contributed by atoms with van der Waals surface area (Å²) in [5.74, 6) is -0.319. The second-order valence-electron chi connectivity index (χ2n) is 6.84. The third-order valence-corrected chi connectivity index (χ3v) is 5.17. The third kappa shape index (κ3) is 7.45. The number of piperazine rings is 1. The summed E-state index contributed by atoms with van der Waals surface area (Å²) in [6, 6.07) is 3.56. The monoisotopic (exact) mass is 417 g/mol. The highest BCUT2D eigenvalue weighted by atomic mass is 35.5. The molecule has 156 valence electrons. The van der Waals surface area contributed by atoms with Gasteiger partial charge in [-0.25, -0.2) is 0 Å². The van der Waals surface area contributed by atoms with Crippen LogP contribution in [-0.4, -0.2) is 61.5 Å². The SMILES string of the molecule is CCN1CCN(CCCCNC(=O)/C=C/c2ccc(Cl)c(C(F)(F)F)c2)CC1. The average Bonchev–Trinajstić information content (AvgIpc) is 2.66. The fraction of sp³-hybridized carbons (Fsp3) is 0.550. The van der Waals surface area contributed by atoms with Crippen molar-refractivity contribution in [3.05, 3.63) is 40.4 Å². The number of hydrogen-bond donors (Lipinski definition) is 1. The quantitative estimate of drug-likeness (QED) is 0.514.